The molecular weight excluding hydrogens is 248 g/mol. The maximum atomic E-state index is 12.6. The van der Waals surface area contributed by atoms with E-state index in [9.17, 15) is 4.79 Å². The highest BCUT2D eigenvalue weighted by molar-refractivity contribution is 5.98. The van der Waals surface area contributed by atoms with E-state index in [1.165, 1.54) is 18.4 Å². The van der Waals surface area contributed by atoms with E-state index < -0.39 is 0 Å². The Morgan fingerprint density at radius 3 is 2.65 bits per heavy atom. The average Bonchev–Trinajstić information content (AvgIpc) is 2.94. The summed E-state index contributed by atoms with van der Waals surface area (Å²) in [5, 5.41) is 0. The predicted octanol–water partition coefficient (Wildman–Crippen LogP) is 4.27. The Balaban J connectivity index is 1.68. The summed E-state index contributed by atoms with van der Waals surface area (Å²) in [5.74, 6) is 3.12. The van der Waals surface area contributed by atoms with Gasteiger partial charge in [-0.15, -0.1) is 0 Å². The van der Waals surface area contributed by atoms with Crippen molar-refractivity contribution in [3.05, 3.63) is 29.3 Å². The van der Waals surface area contributed by atoms with Gasteiger partial charge in [0.05, 0.1) is 6.61 Å². The number of carbonyl (C=O) groups is 1. The van der Waals surface area contributed by atoms with E-state index >= 15 is 0 Å². The van der Waals surface area contributed by atoms with Crippen LogP contribution < -0.4 is 4.74 Å². The molecular formula is C18H24O2. The van der Waals surface area contributed by atoms with Gasteiger partial charge in [0.25, 0.3) is 0 Å². The quantitative estimate of drug-likeness (QED) is 0.768. The summed E-state index contributed by atoms with van der Waals surface area (Å²) in [6.45, 7) is 5.35. The SMILES string of the molecule is CC(C)C1CCC(C(=O)c2ccc3c(c2)CCO3)CC1. The molecule has 0 aromatic heterocycles. The Morgan fingerprint density at radius 1 is 1.20 bits per heavy atom. The number of rotatable bonds is 3. The van der Waals surface area contributed by atoms with Crippen molar-refractivity contribution in [3.63, 3.8) is 0 Å². The highest BCUT2D eigenvalue weighted by Crippen LogP contribution is 2.35. The van der Waals surface area contributed by atoms with E-state index in [1.54, 1.807) is 0 Å². The Labute approximate surface area is 121 Å². The molecule has 0 bridgehead atoms. The van der Waals surface area contributed by atoms with E-state index in [-0.39, 0.29) is 5.92 Å². The summed E-state index contributed by atoms with van der Waals surface area (Å²) in [5.41, 5.74) is 2.09. The molecule has 2 aliphatic rings. The summed E-state index contributed by atoms with van der Waals surface area (Å²) in [6.07, 6.45) is 5.49. The molecule has 1 saturated carbocycles. The zero-order chi connectivity index (χ0) is 14.1. The molecule has 1 aromatic carbocycles. The highest BCUT2D eigenvalue weighted by Gasteiger charge is 2.28. The van der Waals surface area contributed by atoms with Gasteiger partial charge in [0.2, 0.25) is 0 Å². The van der Waals surface area contributed by atoms with Crippen LogP contribution in [0, 0.1) is 17.8 Å². The van der Waals surface area contributed by atoms with Gasteiger partial charge in [-0.2, -0.15) is 0 Å². The third-order valence-corrected chi connectivity index (χ3v) is 5.06. The lowest BCUT2D eigenvalue weighted by molar-refractivity contribution is 0.0859. The van der Waals surface area contributed by atoms with Crippen LogP contribution in [0.25, 0.3) is 0 Å². The van der Waals surface area contributed by atoms with Gasteiger partial charge in [0.15, 0.2) is 5.78 Å². The van der Waals surface area contributed by atoms with Crippen molar-refractivity contribution in [1.29, 1.82) is 0 Å². The lowest BCUT2D eigenvalue weighted by atomic mass is 9.74. The first-order valence-corrected chi connectivity index (χ1v) is 7.95. The molecule has 0 amide bonds. The standard InChI is InChI=1S/C18H24O2/c1-12(2)13-3-5-14(6-4-13)18(19)16-7-8-17-15(11-16)9-10-20-17/h7-8,11-14H,3-6,9-10H2,1-2H3. The van der Waals surface area contributed by atoms with Crippen LogP contribution in [0.5, 0.6) is 5.75 Å². The van der Waals surface area contributed by atoms with Crippen LogP contribution in [0.3, 0.4) is 0 Å². The van der Waals surface area contributed by atoms with Crippen LogP contribution in [0.1, 0.15) is 55.5 Å². The number of hydrogen-bond acceptors (Lipinski definition) is 2. The maximum absolute atomic E-state index is 12.6. The van der Waals surface area contributed by atoms with Crippen molar-refractivity contribution >= 4 is 5.78 Å². The molecule has 108 valence electrons. The number of ether oxygens (including phenoxy) is 1. The molecule has 0 unspecified atom stereocenters. The van der Waals surface area contributed by atoms with E-state index in [1.807, 2.05) is 12.1 Å². The Bertz CT molecular complexity index is 496. The molecule has 1 fully saturated rings. The lowest BCUT2D eigenvalue weighted by Gasteiger charge is -2.30. The second kappa shape index (κ2) is 5.59. The molecule has 2 nitrogen and oxygen atoms in total. The third-order valence-electron chi connectivity index (χ3n) is 5.06. The van der Waals surface area contributed by atoms with Gasteiger partial charge >= 0.3 is 0 Å². The summed E-state index contributed by atoms with van der Waals surface area (Å²) < 4.78 is 5.51. The number of ketones is 1. The number of carbonyl (C=O) groups excluding carboxylic acids is 1. The number of hydrogen-bond donors (Lipinski definition) is 0. The first-order valence-electron chi connectivity index (χ1n) is 7.95. The second-order valence-electron chi connectivity index (χ2n) is 6.64. The van der Waals surface area contributed by atoms with Gasteiger partial charge < -0.3 is 4.74 Å². The van der Waals surface area contributed by atoms with Gasteiger partial charge in [0.1, 0.15) is 5.75 Å². The molecule has 1 aromatic rings. The van der Waals surface area contributed by atoms with Crippen LogP contribution in [-0.2, 0) is 6.42 Å². The predicted molar refractivity (Wildman–Crippen MR) is 80.3 cm³/mol. The Kier molecular flexibility index (Phi) is 3.82. The number of Topliss-reactive ketones (excluding diaryl/α,β-unsaturated/α-hetero) is 1. The van der Waals surface area contributed by atoms with Crippen LogP contribution >= 0.6 is 0 Å². The smallest absolute Gasteiger partial charge is 0.165 e. The molecule has 2 heteroatoms. The topological polar surface area (TPSA) is 26.3 Å². The molecule has 0 radical (unpaired) electrons. The van der Waals surface area contributed by atoms with Crippen LogP contribution in [0.15, 0.2) is 18.2 Å². The van der Waals surface area contributed by atoms with Crippen LogP contribution in [0.4, 0.5) is 0 Å². The largest absolute Gasteiger partial charge is 0.493 e. The van der Waals surface area contributed by atoms with Gasteiger partial charge in [-0.05, 0) is 61.3 Å². The first kappa shape index (κ1) is 13.7. The van der Waals surface area contributed by atoms with Gasteiger partial charge in [0, 0.05) is 17.9 Å². The fourth-order valence-corrected chi connectivity index (χ4v) is 3.62. The van der Waals surface area contributed by atoms with Crippen LogP contribution in [0.2, 0.25) is 0 Å². The van der Waals surface area contributed by atoms with Crippen molar-refractivity contribution in [2.24, 2.45) is 17.8 Å². The van der Waals surface area contributed by atoms with E-state index in [0.29, 0.717) is 5.78 Å². The molecule has 0 spiro atoms. The monoisotopic (exact) mass is 272 g/mol. The molecule has 1 heterocycles. The second-order valence-corrected chi connectivity index (χ2v) is 6.64. The third kappa shape index (κ3) is 2.61. The zero-order valence-corrected chi connectivity index (χ0v) is 12.5. The highest BCUT2D eigenvalue weighted by atomic mass is 16.5. The summed E-state index contributed by atoms with van der Waals surface area (Å²) in [6, 6.07) is 5.97. The number of benzene rings is 1. The average molecular weight is 272 g/mol. The fourth-order valence-electron chi connectivity index (χ4n) is 3.62. The fraction of sp³-hybridized carbons (Fsp3) is 0.611. The minimum atomic E-state index is 0.241. The molecule has 0 N–H and O–H groups in total. The maximum Gasteiger partial charge on any atom is 0.165 e. The van der Waals surface area contributed by atoms with Crippen molar-refractivity contribution in [2.75, 3.05) is 6.61 Å². The Hall–Kier alpha value is -1.31. The molecule has 20 heavy (non-hydrogen) atoms. The van der Waals surface area contributed by atoms with Crippen molar-refractivity contribution < 1.29 is 9.53 Å². The van der Waals surface area contributed by atoms with Crippen molar-refractivity contribution in [1.82, 2.24) is 0 Å². The lowest BCUT2D eigenvalue weighted by Crippen LogP contribution is -2.24. The molecule has 1 aliphatic carbocycles. The zero-order valence-electron chi connectivity index (χ0n) is 12.5. The minimum Gasteiger partial charge on any atom is -0.493 e. The van der Waals surface area contributed by atoms with Gasteiger partial charge in [-0.1, -0.05) is 13.8 Å². The minimum absolute atomic E-state index is 0.241. The summed E-state index contributed by atoms with van der Waals surface area (Å²) in [4.78, 5) is 12.6. The first-order chi connectivity index (χ1) is 9.65. The number of fused-ring (bicyclic) bond motifs is 1. The van der Waals surface area contributed by atoms with Gasteiger partial charge in [-0.25, -0.2) is 0 Å². The summed E-state index contributed by atoms with van der Waals surface area (Å²) >= 11 is 0. The molecule has 1 aliphatic heterocycles. The molecule has 0 atom stereocenters. The normalized spacial score (nSPS) is 25.4. The molecule has 0 saturated heterocycles. The van der Waals surface area contributed by atoms with Crippen LogP contribution in [-0.4, -0.2) is 12.4 Å². The van der Waals surface area contributed by atoms with Crippen molar-refractivity contribution in [2.45, 2.75) is 46.0 Å². The Morgan fingerprint density at radius 2 is 1.95 bits per heavy atom. The van der Waals surface area contributed by atoms with Crippen molar-refractivity contribution in [3.8, 4) is 5.75 Å². The summed E-state index contributed by atoms with van der Waals surface area (Å²) in [7, 11) is 0. The van der Waals surface area contributed by atoms with E-state index in [2.05, 4.69) is 19.9 Å². The molecule has 3 rings (SSSR count). The van der Waals surface area contributed by atoms with E-state index in [0.717, 1.165) is 49.0 Å². The van der Waals surface area contributed by atoms with E-state index in [4.69, 9.17) is 4.74 Å². The van der Waals surface area contributed by atoms with Gasteiger partial charge in [-0.3, -0.25) is 4.79 Å².